The first-order valence-corrected chi connectivity index (χ1v) is 9.65. The van der Waals surface area contributed by atoms with Gasteiger partial charge in [0, 0.05) is 11.1 Å². The molecule has 3 aromatic carbocycles. The van der Waals surface area contributed by atoms with Gasteiger partial charge in [-0.25, -0.2) is 0 Å². The Labute approximate surface area is 160 Å². The number of benzene rings is 3. The molecule has 0 saturated heterocycles. The fourth-order valence-electron chi connectivity index (χ4n) is 3.88. The smallest absolute Gasteiger partial charge is 0.265 e. The molecule has 1 unspecified atom stereocenters. The van der Waals surface area contributed by atoms with Gasteiger partial charge in [-0.05, 0) is 72.9 Å². The molecule has 1 amide bonds. The molecule has 0 bridgehead atoms. The minimum Gasteiger partial charge on any atom is -0.480 e. The summed E-state index contributed by atoms with van der Waals surface area (Å²) >= 11 is 0. The van der Waals surface area contributed by atoms with Crippen LogP contribution in [-0.2, 0) is 17.6 Å². The lowest BCUT2D eigenvalue weighted by Crippen LogP contribution is -2.32. The van der Waals surface area contributed by atoms with Gasteiger partial charge in [0.2, 0.25) is 0 Å². The molecule has 3 heteroatoms. The quantitative estimate of drug-likeness (QED) is 0.667. The monoisotopic (exact) mass is 359 g/mol. The summed E-state index contributed by atoms with van der Waals surface area (Å²) < 4.78 is 6.07. The molecule has 138 valence electrons. The molecule has 0 spiro atoms. The Morgan fingerprint density at radius 3 is 2.63 bits per heavy atom. The molecular formula is C24H25NO2. The second kappa shape index (κ2) is 7.07. The Balaban J connectivity index is 1.60. The van der Waals surface area contributed by atoms with Gasteiger partial charge in [-0.15, -0.1) is 0 Å². The van der Waals surface area contributed by atoms with Gasteiger partial charge in [0.15, 0.2) is 6.10 Å². The highest BCUT2D eigenvalue weighted by atomic mass is 16.5. The van der Waals surface area contributed by atoms with Gasteiger partial charge in [0.05, 0.1) is 0 Å². The summed E-state index contributed by atoms with van der Waals surface area (Å²) in [4.78, 5) is 12.9. The molecule has 3 nitrogen and oxygen atoms in total. The number of hydrogen-bond donors (Lipinski definition) is 1. The summed E-state index contributed by atoms with van der Waals surface area (Å²) in [5.41, 5.74) is 5.77. The van der Waals surface area contributed by atoms with E-state index in [9.17, 15) is 4.79 Å². The third-order valence-corrected chi connectivity index (χ3v) is 5.41. The number of carbonyl (C=O) groups is 1. The van der Waals surface area contributed by atoms with Gasteiger partial charge in [0.25, 0.3) is 5.91 Å². The highest BCUT2D eigenvalue weighted by Crippen LogP contribution is 2.35. The van der Waals surface area contributed by atoms with E-state index >= 15 is 0 Å². The van der Waals surface area contributed by atoms with Gasteiger partial charge < -0.3 is 10.1 Å². The number of anilines is 1. The topological polar surface area (TPSA) is 38.3 Å². The molecule has 4 rings (SSSR count). The van der Waals surface area contributed by atoms with E-state index in [-0.39, 0.29) is 5.91 Å². The Morgan fingerprint density at radius 2 is 1.85 bits per heavy atom. The number of ether oxygens (including phenoxy) is 1. The van der Waals surface area contributed by atoms with Crippen molar-refractivity contribution in [1.82, 2.24) is 0 Å². The Kier molecular flexibility index (Phi) is 4.61. The van der Waals surface area contributed by atoms with E-state index in [1.165, 1.54) is 16.5 Å². The average Bonchev–Trinajstić information content (AvgIpc) is 3.09. The van der Waals surface area contributed by atoms with Crippen LogP contribution in [0.25, 0.3) is 10.8 Å². The van der Waals surface area contributed by atoms with Crippen molar-refractivity contribution < 1.29 is 9.53 Å². The van der Waals surface area contributed by atoms with E-state index in [1.807, 2.05) is 39.0 Å². The third kappa shape index (κ3) is 3.30. The first-order chi connectivity index (χ1) is 13.1. The standard InChI is InChI=1S/C24H25NO2/c1-4-21(27-22-14-15(2)8-9-16(22)3)24(26)25-20-13-12-18-11-10-17-6-5-7-19(20)23(17)18/h5-9,12-14,21H,4,10-11H2,1-3H3,(H,25,26). The Bertz CT molecular complexity index is 1010. The van der Waals surface area contributed by atoms with Gasteiger partial charge >= 0.3 is 0 Å². The van der Waals surface area contributed by atoms with Crippen LogP contribution in [0.1, 0.15) is 35.6 Å². The van der Waals surface area contributed by atoms with Crippen LogP contribution in [0.15, 0.2) is 48.5 Å². The van der Waals surface area contributed by atoms with Gasteiger partial charge in [-0.2, -0.15) is 0 Å². The van der Waals surface area contributed by atoms with Crippen molar-refractivity contribution in [2.45, 2.75) is 46.1 Å². The molecule has 1 N–H and O–H groups in total. The molecule has 0 fully saturated rings. The second-order valence-corrected chi connectivity index (χ2v) is 7.38. The maximum absolute atomic E-state index is 12.9. The largest absolute Gasteiger partial charge is 0.480 e. The van der Waals surface area contributed by atoms with E-state index in [0.29, 0.717) is 6.42 Å². The van der Waals surface area contributed by atoms with Crippen molar-refractivity contribution in [3.05, 3.63) is 70.8 Å². The van der Waals surface area contributed by atoms with Gasteiger partial charge in [-0.1, -0.05) is 43.3 Å². The lowest BCUT2D eigenvalue weighted by atomic mass is 10.0. The number of carbonyl (C=O) groups excluding carboxylic acids is 1. The highest BCUT2D eigenvalue weighted by molar-refractivity contribution is 6.06. The molecule has 1 aliphatic carbocycles. The number of aryl methyl sites for hydroxylation is 4. The summed E-state index contributed by atoms with van der Waals surface area (Å²) in [5.74, 6) is 0.675. The van der Waals surface area contributed by atoms with Crippen molar-refractivity contribution >= 4 is 22.4 Å². The molecule has 0 radical (unpaired) electrons. The predicted molar refractivity (Wildman–Crippen MR) is 111 cm³/mol. The van der Waals surface area contributed by atoms with E-state index in [4.69, 9.17) is 4.74 Å². The molecule has 0 saturated carbocycles. The third-order valence-electron chi connectivity index (χ3n) is 5.41. The summed E-state index contributed by atoms with van der Waals surface area (Å²) in [6, 6.07) is 16.6. The number of hydrogen-bond acceptors (Lipinski definition) is 2. The maximum Gasteiger partial charge on any atom is 0.265 e. The summed E-state index contributed by atoms with van der Waals surface area (Å²) in [6.45, 7) is 6.01. The lowest BCUT2D eigenvalue weighted by molar-refractivity contribution is -0.122. The zero-order valence-electron chi connectivity index (χ0n) is 16.1. The zero-order chi connectivity index (χ0) is 19.0. The van der Waals surface area contributed by atoms with Crippen LogP contribution in [0.3, 0.4) is 0 Å². The van der Waals surface area contributed by atoms with Crippen LogP contribution >= 0.6 is 0 Å². The SMILES string of the molecule is CCC(Oc1cc(C)ccc1C)C(=O)Nc1ccc2c3c(cccc13)CC2. The Hall–Kier alpha value is -2.81. The first kappa shape index (κ1) is 17.6. The average molecular weight is 359 g/mol. The fourth-order valence-corrected chi connectivity index (χ4v) is 3.88. The fraction of sp³-hybridized carbons (Fsp3) is 0.292. The van der Waals surface area contributed by atoms with Crippen LogP contribution in [0.4, 0.5) is 5.69 Å². The van der Waals surface area contributed by atoms with Crippen LogP contribution in [0.5, 0.6) is 5.75 Å². The Morgan fingerprint density at radius 1 is 1.07 bits per heavy atom. The number of amides is 1. The molecular weight excluding hydrogens is 334 g/mol. The van der Waals surface area contributed by atoms with Crippen molar-refractivity contribution in [2.24, 2.45) is 0 Å². The van der Waals surface area contributed by atoms with Crippen LogP contribution in [-0.4, -0.2) is 12.0 Å². The van der Waals surface area contributed by atoms with Crippen molar-refractivity contribution in [1.29, 1.82) is 0 Å². The predicted octanol–water partition coefficient (Wildman–Crippen LogP) is 5.35. The molecule has 1 aliphatic rings. The summed E-state index contributed by atoms with van der Waals surface area (Å²) in [6.07, 6.45) is 2.25. The summed E-state index contributed by atoms with van der Waals surface area (Å²) in [5, 5.41) is 5.54. The molecule has 0 aromatic heterocycles. The van der Waals surface area contributed by atoms with Gasteiger partial charge in [-0.3, -0.25) is 4.79 Å². The zero-order valence-corrected chi connectivity index (χ0v) is 16.1. The minimum absolute atomic E-state index is 0.0999. The maximum atomic E-state index is 12.9. The van der Waals surface area contributed by atoms with Crippen LogP contribution in [0, 0.1) is 13.8 Å². The van der Waals surface area contributed by atoms with Crippen LogP contribution < -0.4 is 10.1 Å². The normalized spacial score (nSPS) is 13.6. The van der Waals surface area contributed by atoms with E-state index < -0.39 is 6.10 Å². The summed E-state index contributed by atoms with van der Waals surface area (Å²) in [7, 11) is 0. The van der Waals surface area contributed by atoms with Crippen molar-refractivity contribution in [2.75, 3.05) is 5.32 Å². The molecule has 3 aromatic rings. The van der Waals surface area contributed by atoms with Gasteiger partial charge in [0.1, 0.15) is 5.75 Å². The molecule has 27 heavy (non-hydrogen) atoms. The number of rotatable bonds is 5. The van der Waals surface area contributed by atoms with E-state index in [0.717, 1.165) is 40.8 Å². The van der Waals surface area contributed by atoms with E-state index in [1.54, 1.807) is 0 Å². The highest BCUT2D eigenvalue weighted by Gasteiger charge is 2.22. The number of nitrogens with one attached hydrogen (secondary N) is 1. The van der Waals surface area contributed by atoms with E-state index in [2.05, 4.69) is 35.6 Å². The molecule has 0 aliphatic heterocycles. The second-order valence-electron chi connectivity index (χ2n) is 7.38. The van der Waals surface area contributed by atoms with Crippen molar-refractivity contribution in [3.63, 3.8) is 0 Å². The lowest BCUT2D eigenvalue weighted by Gasteiger charge is -2.20. The first-order valence-electron chi connectivity index (χ1n) is 9.65. The molecule has 1 atom stereocenters. The molecule has 0 heterocycles. The van der Waals surface area contributed by atoms with Crippen molar-refractivity contribution in [3.8, 4) is 5.75 Å². The van der Waals surface area contributed by atoms with Crippen LogP contribution in [0.2, 0.25) is 0 Å². The minimum atomic E-state index is -0.520.